The molecule has 0 spiro atoms. The average Bonchev–Trinajstić information content (AvgIpc) is 3.46. The largest absolute Gasteiger partial charge is 0.482 e. The smallest absolute Gasteiger partial charge is 0.287 e. The van der Waals surface area contributed by atoms with Crippen LogP contribution in [0.1, 0.15) is 40.5 Å². The van der Waals surface area contributed by atoms with Crippen molar-refractivity contribution in [2.24, 2.45) is 0 Å². The van der Waals surface area contributed by atoms with Crippen LogP contribution in [-0.2, 0) is 24.4 Å². The van der Waals surface area contributed by atoms with Gasteiger partial charge in [0.05, 0.1) is 17.6 Å². The Morgan fingerprint density at radius 1 is 1.19 bits per heavy atom. The Morgan fingerprint density at radius 2 is 2.00 bits per heavy atom. The molecule has 0 aliphatic carbocycles. The number of H-pyrrole nitrogens is 1. The SMILES string of the molecule is CC.O=C1COc2ccc(CNC(=O)c3nc4sc5c(c4c(=O)[nH]3)CN(c3ncccn3)C5)cc2N1. The highest BCUT2D eigenvalue weighted by Crippen LogP contribution is 2.36. The van der Waals surface area contributed by atoms with Gasteiger partial charge in [-0.1, -0.05) is 19.9 Å². The van der Waals surface area contributed by atoms with Crippen molar-refractivity contribution in [3.05, 3.63) is 68.8 Å². The van der Waals surface area contributed by atoms with Gasteiger partial charge in [-0.2, -0.15) is 0 Å². The van der Waals surface area contributed by atoms with Crippen LogP contribution in [-0.4, -0.2) is 38.4 Å². The lowest BCUT2D eigenvalue weighted by molar-refractivity contribution is -0.118. The van der Waals surface area contributed by atoms with E-state index in [2.05, 4.69) is 30.6 Å². The first-order valence-electron chi connectivity index (χ1n) is 11.5. The number of amides is 2. The number of nitrogens with zero attached hydrogens (tertiary/aromatic N) is 4. The minimum absolute atomic E-state index is 0.0190. The molecular formula is C24H23N7O4S. The van der Waals surface area contributed by atoms with Gasteiger partial charge in [0.2, 0.25) is 11.8 Å². The second kappa shape index (κ2) is 9.74. The van der Waals surface area contributed by atoms with Gasteiger partial charge in [0.1, 0.15) is 10.6 Å². The van der Waals surface area contributed by atoms with E-state index in [1.54, 1.807) is 36.7 Å². The van der Waals surface area contributed by atoms with E-state index in [1.807, 2.05) is 18.7 Å². The molecule has 4 aromatic rings. The van der Waals surface area contributed by atoms with Gasteiger partial charge in [0.15, 0.2) is 6.61 Å². The summed E-state index contributed by atoms with van der Waals surface area (Å²) in [6.07, 6.45) is 3.36. The van der Waals surface area contributed by atoms with Crippen LogP contribution in [0.2, 0.25) is 0 Å². The summed E-state index contributed by atoms with van der Waals surface area (Å²) in [5.41, 5.74) is 1.86. The lowest BCUT2D eigenvalue weighted by Gasteiger charge is -2.18. The van der Waals surface area contributed by atoms with Crippen molar-refractivity contribution in [2.75, 3.05) is 16.8 Å². The van der Waals surface area contributed by atoms with Gasteiger partial charge in [-0.25, -0.2) is 15.0 Å². The number of rotatable bonds is 4. The van der Waals surface area contributed by atoms with Gasteiger partial charge in [-0.15, -0.1) is 11.3 Å². The summed E-state index contributed by atoms with van der Waals surface area (Å²) in [5.74, 6) is 0.410. The van der Waals surface area contributed by atoms with Crippen molar-refractivity contribution < 1.29 is 14.3 Å². The van der Waals surface area contributed by atoms with Crippen LogP contribution in [0.4, 0.5) is 11.6 Å². The van der Waals surface area contributed by atoms with Gasteiger partial charge < -0.3 is 25.3 Å². The first kappa shape index (κ1) is 23.4. The third-order valence-corrected chi connectivity index (χ3v) is 6.72. The molecule has 36 heavy (non-hydrogen) atoms. The third kappa shape index (κ3) is 4.38. The number of carbonyl (C=O) groups is 2. The van der Waals surface area contributed by atoms with Crippen LogP contribution in [0, 0.1) is 0 Å². The Balaban J connectivity index is 0.00000130. The van der Waals surface area contributed by atoms with Gasteiger partial charge in [0.25, 0.3) is 17.4 Å². The number of carbonyl (C=O) groups excluding carboxylic acids is 2. The Morgan fingerprint density at radius 3 is 2.81 bits per heavy atom. The number of nitrogens with one attached hydrogen (secondary N) is 3. The molecule has 184 valence electrons. The van der Waals surface area contributed by atoms with Gasteiger partial charge in [0, 0.05) is 35.9 Å². The molecule has 0 saturated heterocycles. The second-order valence-electron chi connectivity index (χ2n) is 7.85. The molecule has 0 bridgehead atoms. The fraction of sp³-hybridized carbons (Fsp3) is 0.250. The van der Waals surface area contributed by atoms with Crippen LogP contribution in [0.3, 0.4) is 0 Å². The lowest BCUT2D eigenvalue weighted by Crippen LogP contribution is -2.28. The van der Waals surface area contributed by atoms with E-state index >= 15 is 0 Å². The van der Waals surface area contributed by atoms with E-state index < -0.39 is 5.91 Å². The molecule has 0 radical (unpaired) electrons. The van der Waals surface area contributed by atoms with E-state index in [0.29, 0.717) is 40.7 Å². The zero-order valence-corrected chi connectivity index (χ0v) is 20.4. The maximum Gasteiger partial charge on any atom is 0.287 e. The summed E-state index contributed by atoms with van der Waals surface area (Å²) in [4.78, 5) is 56.2. The molecule has 0 fully saturated rings. The summed E-state index contributed by atoms with van der Waals surface area (Å²) in [6.45, 7) is 5.26. The van der Waals surface area contributed by atoms with Crippen LogP contribution in [0.25, 0.3) is 10.2 Å². The van der Waals surface area contributed by atoms with Crippen molar-refractivity contribution in [1.82, 2.24) is 25.3 Å². The highest BCUT2D eigenvalue weighted by Gasteiger charge is 2.28. The van der Waals surface area contributed by atoms with Gasteiger partial charge in [-0.05, 0) is 23.8 Å². The maximum absolute atomic E-state index is 12.9. The number of anilines is 2. The minimum atomic E-state index is -0.495. The standard InChI is InChI=1S/C22H17N7O4S.C2H6/c30-16-10-33-14-3-2-11(6-13(14)26-16)7-25-20(32)18-27-19(31)17-12-8-29(22-23-4-1-5-24-22)9-15(12)34-21(17)28-18;1-2/h1-6H,7-10H2,(H,25,32)(H,26,30)(H,27,28,31);1-2H3. The topological polar surface area (TPSA) is 142 Å². The first-order valence-corrected chi connectivity index (χ1v) is 12.3. The van der Waals surface area contributed by atoms with Crippen LogP contribution >= 0.6 is 11.3 Å². The van der Waals surface area contributed by atoms with E-state index in [1.165, 1.54) is 11.3 Å². The predicted octanol–water partition coefficient (Wildman–Crippen LogP) is 2.58. The molecule has 6 rings (SSSR count). The lowest BCUT2D eigenvalue weighted by atomic mass is 10.1. The summed E-state index contributed by atoms with van der Waals surface area (Å²) >= 11 is 1.40. The molecule has 2 aliphatic heterocycles. The molecular weight excluding hydrogens is 482 g/mol. The number of aromatic amines is 1. The number of hydrogen-bond donors (Lipinski definition) is 3. The van der Waals surface area contributed by atoms with Gasteiger partial charge >= 0.3 is 0 Å². The number of thiophene rings is 1. The van der Waals surface area contributed by atoms with E-state index in [0.717, 1.165) is 16.0 Å². The number of fused-ring (bicyclic) bond motifs is 4. The highest BCUT2D eigenvalue weighted by atomic mass is 32.1. The summed E-state index contributed by atoms with van der Waals surface area (Å²) < 4.78 is 5.34. The van der Waals surface area contributed by atoms with Crippen LogP contribution in [0.5, 0.6) is 5.75 Å². The molecule has 3 aromatic heterocycles. The molecule has 0 atom stereocenters. The number of ether oxygens (including phenoxy) is 1. The highest BCUT2D eigenvalue weighted by molar-refractivity contribution is 7.18. The molecule has 12 heteroatoms. The zero-order chi connectivity index (χ0) is 25.2. The molecule has 1 aromatic carbocycles. The number of hydrogen-bond acceptors (Lipinski definition) is 9. The average molecular weight is 506 g/mol. The van der Waals surface area contributed by atoms with Crippen molar-refractivity contribution >= 4 is 45.0 Å². The molecule has 0 saturated carbocycles. The maximum atomic E-state index is 12.9. The number of benzene rings is 1. The zero-order valence-electron chi connectivity index (χ0n) is 19.6. The van der Waals surface area contributed by atoms with Crippen molar-refractivity contribution in [2.45, 2.75) is 33.5 Å². The predicted molar refractivity (Wildman–Crippen MR) is 135 cm³/mol. The number of aromatic nitrogens is 4. The Labute approximate surface area is 209 Å². The van der Waals surface area contributed by atoms with E-state index in [-0.39, 0.29) is 30.4 Å². The molecule has 5 heterocycles. The third-order valence-electron chi connectivity index (χ3n) is 5.61. The summed E-state index contributed by atoms with van der Waals surface area (Å²) in [6, 6.07) is 7.02. The van der Waals surface area contributed by atoms with Crippen molar-refractivity contribution in [3.8, 4) is 5.75 Å². The fourth-order valence-electron chi connectivity index (χ4n) is 4.04. The Hall–Kier alpha value is -4.32. The Kier molecular flexibility index (Phi) is 6.34. The first-order chi connectivity index (χ1) is 17.5. The molecule has 2 amide bonds. The van der Waals surface area contributed by atoms with Crippen molar-refractivity contribution in [1.29, 1.82) is 0 Å². The Bertz CT molecular complexity index is 1520. The van der Waals surface area contributed by atoms with Gasteiger partial charge in [-0.3, -0.25) is 14.4 Å². The van der Waals surface area contributed by atoms with Crippen LogP contribution in [0.15, 0.2) is 41.5 Å². The van der Waals surface area contributed by atoms with E-state index in [9.17, 15) is 14.4 Å². The quantitative estimate of drug-likeness (QED) is 0.384. The molecule has 11 nitrogen and oxygen atoms in total. The minimum Gasteiger partial charge on any atom is -0.482 e. The normalized spacial score (nSPS) is 13.7. The summed E-state index contributed by atoms with van der Waals surface area (Å²) in [7, 11) is 0. The molecule has 3 N–H and O–H groups in total. The molecule has 0 unspecified atom stereocenters. The van der Waals surface area contributed by atoms with Crippen molar-refractivity contribution in [3.63, 3.8) is 0 Å². The summed E-state index contributed by atoms with van der Waals surface area (Å²) in [5, 5.41) is 5.99. The van der Waals surface area contributed by atoms with E-state index in [4.69, 9.17) is 4.74 Å². The monoisotopic (exact) mass is 505 g/mol. The van der Waals surface area contributed by atoms with Crippen LogP contribution < -0.4 is 25.8 Å². The molecule has 2 aliphatic rings. The fourth-order valence-corrected chi connectivity index (χ4v) is 5.23. The second-order valence-corrected chi connectivity index (χ2v) is 8.94.